The topological polar surface area (TPSA) is 91.2 Å². The van der Waals surface area contributed by atoms with Gasteiger partial charge < -0.3 is 15.0 Å². The van der Waals surface area contributed by atoms with Crippen LogP contribution >= 0.6 is 0 Å². The summed E-state index contributed by atoms with van der Waals surface area (Å²) >= 11 is 0. The normalized spacial score (nSPS) is 13.7. The fourth-order valence-corrected chi connectivity index (χ4v) is 3.88. The van der Waals surface area contributed by atoms with E-state index in [1.165, 1.54) is 0 Å². The average molecular weight is 366 g/mol. The fraction of sp³-hybridized carbons (Fsp3) is 0.350. The number of carbonyl (C=O) groups excluding carboxylic acids is 1. The molecule has 2 N–H and O–H groups in total. The first-order valence-corrected chi connectivity index (χ1v) is 9.23. The number of aromatic nitrogens is 3. The number of aryl methyl sites for hydroxylation is 2. The Morgan fingerprint density at radius 3 is 2.89 bits per heavy atom. The van der Waals surface area contributed by atoms with Gasteiger partial charge in [0.05, 0.1) is 0 Å². The molecule has 4 rings (SSSR count). The van der Waals surface area contributed by atoms with Gasteiger partial charge in [0.15, 0.2) is 5.69 Å². The first-order chi connectivity index (χ1) is 13.1. The summed E-state index contributed by atoms with van der Waals surface area (Å²) in [5, 5.41) is 14.8. The van der Waals surface area contributed by atoms with Crippen LogP contribution in [-0.4, -0.2) is 43.2 Å². The summed E-state index contributed by atoms with van der Waals surface area (Å²) in [7, 11) is 0. The minimum absolute atomic E-state index is 0.0477. The number of aromatic carboxylic acids is 1. The van der Waals surface area contributed by atoms with Crippen LogP contribution in [0.5, 0.6) is 0 Å². The lowest BCUT2D eigenvalue weighted by Gasteiger charge is -2.27. The van der Waals surface area contributed by atoms with Crippen LogP contribution in [0, 0.1) is 0 Å². The molecule has 2 aromatic heterocycles. The molecule has 0 aliphatic carbocycles. The number of rotatable bonds is 5. The van der Waals surface area contributed by atoms with Crippen molar-refractivity contribution < 1.29 is 14.7 Å². The molecule has 0 spiro atoms. The molecule has 1 amide bonds. The van der Waals surface area contributed by atoms with Crippen LogP contribution in [0.15, 0.2) is 30.5 Å². The van der Waals surface area contributed by atoms with Gasteiger partial charge in [-0.25, -0.2) is 4.79 Å². The van der Waals surface area contributed by atoms with Crippen molar-refractivity contribution in [2.24, 2.45) is 0 Å². The number of H-pyrrole nitrogens is 1. The van der Waals surface area contributed by atoms with Crippen LogP contribution in [0.3, 0.4) is 0 Å². The number of para-hydroxylation sites is 1. The Hall–Kier alpha value is -3.09. The summed E-state index contributed by atoms with van der Waals surface area (Å²) in [4.78, 5) is 29.2. The van der Waals surface area contributed by atoms with E-state index in [2.05, 4.69) is 16.1 Å². The molecule has 7 heteroatoms. The number of carboxylic acids is 1. The van der Waals surface area contributed by atoms with Crippen LogP contribution in [-0.2, 0) is 30.7 Å². The first-order valence-electron chi connectivity index (χ1n) is 9.23. The van der Waals surface area contributed by atoms with E-state index >= 15 is 0 Å². The van der Waals surface area contributed by atoms with E-state index in [4.69, 9.17) is 0 Å². The van der Waals surface area contributed by atoms with Gasteiger partial charge in [0.2, 0.25) is 5.91 Å². The summed E-state index contributed by atoms with van der Waals surface area (Å²) in [6, 6.07) is 8.05. The second kappa shape index (κ2) is 6.90. The number of hydrogen-bond donors (Lipinski definition) is 2. The SMILES string of the molecule is CCn1nc(C(=O)O)c2c1CCN(C(=O)CCc1c[nH]c3ccccc13)C2. The summed E-state index contributed by atoms with van der Waals surface area (Å²) in [6.45, 7) is 3.50. The quantitative estimate of drug-likeness (QED) is 0.726. The minimum atomic E-state index is -1.04. The monoisotopic (exact) mass is 366 g/mol. The van der Waals surface area contributed by atoms with Crippen LogP contribution in [0.4, 0.5) is 0 Å². The molecule has 7 nitrogen and oxygen atoms in total. The number of hydrogen-bond acceptors (Lipinski definition) is 3. The molecule has 3 aromatic rings. The van der Waals surface area contributed by atoms with Crippen LogP contribution in [0.2, 0.25) is 0 Å². The maximum Gasteiger partial charge on any atom is 0.356 e. The van der Waals surface area contributed by atoms with Crippen molar-refractivity contribution >= 4 is 22.8 Å². The van der Waals surface area contributed by atoms with Crippen molar-refractivity contribution in [3.05, 3.63) is 53.0 Å². The summed E-state index contributed by atoms with van der Waals surface area (Å²) in [5.74, 6) is -0.988. The number of nitrogens with one attached hydrogen (secondary N) is 1. The molecular formula is C20H22N4O3. The Morgan fingerprint density at radius 2 is 2.11 bits per heavy atom. The number of amides is 1. The molecular weight excluding hydrogens is 344 g/mol. The zero-order valence-corrected chi connectivity index (χ0v) is 15.2. The van der Waals surface area contributed by atoms with E-state index in [1.54, 1.807) is 9.58 Å². The molecule has 0 fully saturated rings. The Bertz CT molecular complexity index is 1020. The van der Waals surface area contributed by atoms with Gasteiger partial charge in [0, 0.05) is 60.8 Å². The highest BCUT2D eigenvalue weighted by atomic mass is 16.4. The summed E-state index contributed by atoms with van der Waals surface area (Å²) < 4.78 is 1.74. The third-order valence-corrected chi connectivity index (χ3v) is 5.27. The number of aromatic amines is 1. The number of carbonyl (C=O) groups is 2. The largest absolute Gasteiger partial charge is 0.476 e. The fourth-order valence-electron chi connectivity index (χ4n) is 3.88. The van der Waals surface area contributed by atoms with Gasteiger partial charge in [-0.1, -0.05) is 18.2 Å². The number of carboxylic acid groups (broad SMARTS) is 1. The number of benzene rings is 1. The van der Waals surface area contributed by atoms with Crippen LogP contribution in [0.1, 0.15) is 40.7 Å². The number of nitrogens with zero attached hydrogens (tertiary/aromatic N) is 3. The van der Waals surface area contributed by atoms with Crippen molar-refractivity contribution in [1.82, 2.24) is 19.7 Å². The standard InChI is InChI=1S/C20H22N4O3/c1-2-24-17-9-10-23(12-15(17)19(22-24)20(26)27)18(25)8-7-13-11-21-16-6-4-3-5-14(13)16/h3-6,11,21H,2,7-10,12H2,1H3,(H,26,27). The third-order valence-electron chi connectivity index (χ3n) is 5.27. The van der Waals surface area contributed by atoms with Gasteiger partial charge in [0.1, 0.15) is 0 Å². The molecule has 0 saturated heterocycles. The maximum atomic E-state index is 12.7. The second-order valence-electron chi connectivity index (χ2n) is 6.82. The molecule has 140 valence electrons. The molecule has 3 heterocycles. The lowest BCUT2D eigenvalue weighted by molar-refractivity contribution is -0.132. The van der Waals surface area contributed by atoms with Gasteiger partial charge >= 0.3 is 5.97 Å². The zero-order chi connectivity index (χ0) is 19.0. The van der Waals surface area contributed by atoms with Crippen LogP contribution in [0.25, 0.3) is 10.9 Å². The van der Waals surface area contributed by atoms with Crippen molar-refractivity contribution in [3.63, 3.8) is 0 Å². The van der Waals surface area contributed by atoms with Gasteiger partial charge in [-0.05, 0) is 25.0 Å². The Balaban J connectivity index is 1.48. The van der Waals surface area contributed by atoms with Crippen molar-refractivity contribution in [1.29, 1.82) is 0 Å². The Kier molecular flexibility index (Phi) is 4.43. The number of fused-ring (bicyclic) bond motifs is 2. The molecule has 1 aliphatic heterocycles. The smallest absolute Gasteiger partial charge is 0.356 e. The maximum absolute atomic E-state index is 12.7. The molecule has 0 unspecified atom stereocenters. The summed E-state index contributed by atoms with van der Waals surface area (Å²) in [5.41, 5.74) is 3.88. The average Bonchev–Trinajstić information content (AvgIpc) is 3.27. The molecule has 1 aliphatic rings. The molecule has 0 bridgehead atoms. The highest BCUT2D eigenvalue weighted by Gasteiger charge is 2.29. The van der Waals surface area contributed by atoms with E-state index < -0.39 is 5.97 Å². The van der Waals surface area contributed by atoms with Crippen molar-refractivity contribution in [3.8, 4) is 0 Å². The summed E-state index contributed by atoms with van der Waals surface area (Å²) in [6.07, 6.45) is 3.66. The molecule has 0 atom stereocenters. The lowest BCUT2D eigenvalue weighted by Crippen LogP contribution is -2.36. The van der Waals surface area contributed by atoms with E-state index in [9.17, 15) is 14.7 Å². The van der Waals surface area contributed by atoms with Gasteiger partial charge in [-0.15, -0.1) is 0 Å². The molecule has 0 saturated carbocycles. The highest BCUT2D eigenvalue weighted by molar-refractivity contribution is 5.88. The highest BCUT2D eigenvalue weighted by Crippen LogP contribution is 2.24. The molecule has 1 aromatic carbocycles. The predicted octanol–water partition coefficient (Wildman–Crippen LogP) is 2.60. The van der Waals surface area contributed by atoms with Gasteiger partial charge in [0.25, 0.3) is 0 Å². The van der Waals surface area contributed by atoms with Gasteiger partial charge in [-0.3, -0.25) is 9.48 Å². The van der Waals surface area contributed by atoms with E-state index in [-0.39, 0.29) is 11.6 Å². The van der Waals surface area contributed by atoms with E-state index in [0.717, 1.165) is 22.2 Å². The Morgan fingerprint density at radius 1 is 1.30 bits per heavy atom. The van der Waals surface area contributed by atoms with Gasteiger partial charge in [-0.2, -0.15) is 5.10 Å². The third kappa shape index (κ3) is 3.09. The van der Waals surface area contributed by atoms with E-state index in [1.807, 2.05) is 31.3 Å². The second-order valence-corrected chi connectivity index (χ2v) is 6.82. The van der Waals surface area contributed by atoms with Crippen LogP contribution < -0.4 is 0 Å². The van der Waals surface area contributed by atoms with E-state index in [0.29, 0.717) is 44.5 Å². The van der Waals surface area contributed by atoms with Crippen molar-refractivity contribution in [2.75, 3.05) is 6.54 Å². The van der Waals surface area contributed by atoms with Crippen molar-refractivity contribution in [2.45, 2.75) is 39.3 Å². The molecule has 27 heavy (non-hydrogen) atoms. The molecule has 0 radical (unpaired) electrons. The zero-order valence-electron chi connectivity index (χ0n) is 15.2. The lowest BCUT2D eigenvalue weighted by atomic mass is 10.0. The Labute approximate surface area is 156 Å². The minimum Gasteiger partial charge on any atom is -0.476 e. The predicted molar refractivity (Wildman–Crippen MR) is 101 cm³/mol. The first kappa shape index (κ1) is 17.3.